The van der Waals surface area contributed by atoms with Gasteiger partial charge in [-0.25, -0.2) is 0 Å². The summed E-state index contributed by atoms with van der Waals surface area (Å²) in [5.74, 6) is 0.0464. The van der Waals surface area contributed by atoms with Crippen molar-refractivity contribution < 1.29 is 9.59 Å². The van der Waals surface area contributed by atoms with Gasteiger partial charge in [-0.2, -0.15) is 0 Å². The van der Waals surface area contributed by atoms with Crippen LogP contribution in [0.15, 0.2) is 65.5 Å². The molecule has 5 rings (SSSR count). The van der Waals surface area contributed by atoms with Gasteiger partial charge in [-0.1, -0.05) is 29.8 Å². The van der Waals surface area contributed by atoms with Gasteiger partial charge in [0.2, 0.25) is 0 Å². The Kier molecular flexibility index (Phi) is 3.11. The molecule has 0 bridgehead atoms. The average Bonchev–Trinajstić information content (AvgIpc) is 2.94. The van der Waals surface area contributed by atoms with Crippen molar-refractivity contribution in [2.75, 3.05) is 0 Å². The first-order valence-electron chi connectivity index (χ1n) is 8.78. The number of ketones is 2. The Bertz CT molecular complexity index is 982. The van der Waals surface area contributed by atoms with Crippen molar-refractivity contribution in [3.63, 3.8) is 0 Å². The zero-order valence-corrected chi connectivity index (χ0v) is 13.8. The van der Waals surface area contributed by atoms with Crippen molar-refractivity contribution in [2.24, 2.45) is 0 Å². The molecule has 3 aliphatic rings. The third-order valence-electron chi connectivity index (χ3n) is 5.64. The monoisotopic (exact) mass is 327 g/mol. The summed E-state index contributed by atoms with van der Waals surface area (Å²) in [5.41, 5.74) is 6.84. The van der Waals surface area contributed by atoms with Gasteiger partial charge in [0.05, 0.1) is 0 Å². The smallest absolute Gasteiger partial charge is 0.190 e. The molecule has 122 valence electrons. The van der Waals surface area contributed by atoms with Crippen molar-refractivity contribution in [3.05, 3.63) is 82.2 Å². The van der Waals surface area contributed by atoms with Crippen molar-refractivity contribution in [1.29, 1.82) is 0 Å². The first-order valence-corrected chi connectivity index (χ1v) is 8.78. The van der Waals surface area contributed by atoms with Gasteiger partial charge in [-0.05, 0) is 48.1 Å². The lowest BCUT2D eigenvalue weighted by Gasteiger charge is -2.32. The zero-order valence-electron chi connectivity index (χ0n) is 13.8. The predicted octanol–water partition coefficient (Wildman–Crippen LogP) is 4.27. The fourth-order valence-corrected chi connectivity index (χ4v) is 4.59. The van der Waals surface area contributed by atoms with Gasteiger partial charge >= 0.3 is 0 Å². The molecule has 1 unspecified atom stereocenters. The second kappa shape index (κ2) is 5.35. The second-order valence-corrected chi connectivity index (χ2v) is 6.95. The van der Waals surface area contributed by atoms with Crippen molar-refractivity contribution in [1.82, 2.24) is 4.98 Å². The Hall–Kier alpha value is -2.81. The quantitative estimate of drug-likeness (QED) is 0.786. The van der Waals surface area contributed by atoms with E-state index < -0.39 is 0 Å². The number of aromatic nitrogens is 1. The number of carbonyl (C=O) groups is 2. The van der Waals surface area contributed by atoms with Gasteiger partial charge in [0, 0.05) is 41.4 Å². The first-order chi connectivity index (χ1) is 12.3. The molecular formula is C22H17NO2. The van der Waals surface area contributed by atoms with E-state index in [-0.39, 0.29) is 17.5 Å². The molecule has 0 amide bonds. The maximum absolute atomic E-state index is 13.2. The summed E-state index contributed by atoms with van der Waals surface area (Å²) in [6, 6.07) is 11.7. The maximum Gasteiger partial charge on any atom is 0.190 e. The van der Waals surface area contributed by atoms with Gasteiger partial charge in [0.1, 0.15) is 0 Å². The molecule has 0 radical (unpaired) electrons. The van der Waals surface area contributed by atoms with Crippen LogP contribution in [0, 0.1) is 0 Å². The molecule has 0 fully saturated rings. The van der Waals surface area contributed by atoms with Gasteiger partial charge in [0.15, 0.2) is 11.6 Å². The Morgan fingerprint density at radius 3 is 2.44 bits per heavy atom. The SMILES string of the molecule is O=C1CCCC2=C1C(c1ccncc1)C1=C(C2)c2ccccc2C1=O. The van der Waals surface area contributed by atoms with Crippen LogP contribution in [-0.2, 0) is 4.79 Å². The summed E-state index contributed by atoms with van der Waals surface area (Å²) in [4.78, 5) is 30.1. The van der Waals surface area contributed by atoms with E-state index in [0.717, 1.165) is 52.7 Å². The molecule has 25 heavy (non-hydrogen) atoms. The average molecular weight is 327 g/mol. The molecule has 1 atom stereocenters. The minimum Gasteiger partial charge on any atom is -0.295 e. The number of nitrogens with zero attached hydrogens (tertiary/aromatic N) is 1. The Morgan fingerprint density at radius 1 is 0.880 bits per heavy atom. The van der Waals surface area contributed by atoms with Gasteiger partial charge in [-0.15, -0.1) is 0 Å². The molecule has 1 aromatic heterocycles. The van der Waals surface area contributed by atoms with Crippen LogP contribution < -0.4 is 0 Å². The van der Waals surface area contributed by atoms with Crippen LogP contribution in [-0.4, -0.2) is 16.6 Å². The summed E-state index contributed by atoms with van der Waals surface area (Å²) < 4.78 is 0. The molecule has 1 aromatic carbocycles. The fourth-order valence-electron chi connectivity index (χ4n) is 4.59. The van der Waals surface area contributed by atoms with Crippen LogP contribution in [0.4, 0.5) is 0 Å². The lowest BCUT2D eigenvalue weighted by molar-refractivity contribution is -0.116. The van der Waals surface area contributed by atoms with Crippen LogP contribution in [0.2, 0.25) is 0 Å². The molecule has 0 saturated carbocycles. The minimum atomic E-state index is -0.241. The van der Waals surface area contributed by atoms with E-state index in [2.05, 4.69) is 4.98 Å². The lowest BCUT2D eigenvalue weighted by Crippen LogP contribution is -2.25. The number of allylic oxidation sites excluding steroid dienone is 4. The number of rotatable bonds is 1. The minimum absolute atomic E-state index is 0.0809. The number of carbonyl (C=O) groups excluding carboxylic acids is 2. The summed E-state index contributed by atoms with van der Waals surface area (Å²) in [7, 11) is 0. The molecule has 1 heterocycles. The van der Waals surface area contributed by atoms with E-state index in [1.807, 2.05) is 36.4 Å². The highest BCUT2D eigenvalue weighted by atomic mass is 16.1. The van der Waals surface area contributed by atoms with Gasteiger partial charge in [0.25, 0.3) is 0 Å². The molecular weight excluding hydrogens is 310 g/mol. The topological polar surface area (TPSA) is 47.0 Å². The Morgan fingerprint density at radius 2 is 1.64 bits per heavy atom. The molecule has 0 aliphatic heterocycles. The molecule has 3 aliphatic carbocycles. The van der Waals surface area contributed by atoms with Gasteiger partial charge in [-0.3, -0.25) is 14.6 Å². The summed E-state index contributed by atoms with van der Waals surface area (Å²) in [5, 5.41) is 0. The first kappa shape index (κ1) is 14.5. The van der Waals surface area contributed by atoms with E-state index in [1.54, 1.807) is 12.4 Å². The fraction of sp³-hybridized carbons (Fsp3) is 0.227. The van der Waals surface area contributed by atoms with Crippen LogP contribution in [0.5, 0.6) is 0 Å². The molecule has 0 saturated heterocycles. The van der Waals surface area contributed by atoms with Crippen molar-refractivity contribution >= 4 is 17.1 Å². The zero-order chi connectivity index (χ0) is 17.0. The highest BCUT2D eigenvalue weighted by Gasteiger charge is 2.43. The third kappa shape index (κ3) is 2.02. The molecule has 3 nitrogen and oxygen atoms in total. The normalized spacial score (nSPS) is 22.0. The lowest BCUT2D eigenvalue weighted by atomic mass is 9.70. The van der Waals surface area contributed by atoms with E-state index in [4.69, 9.17) is 0 Å². The number of pyridine rings is 1. The Balaban J connectivity index is 1.77. The van der Waals surface area contributed by atoms with Crippen LogP contribution in [0.25, 0.3) is 5.57 Å². The van der Waals surface area contributed by atoms with Crippen molar-refractivity contribution in [3.8, 4) is 0 Å². The number of fused-ring (bicyclic) bond motifs is 2. The third-order valence-corrected chi connectivity index (χ3v) is 5.64. The number of Topliss-reactive ketones (excluding diaryl/α,β-unsaturated/α-hetero) is 2. The highest BCUT2D eigenvalue weighted by molar-refractivity contribution is 6.23. The Labute approximate surface area is 146 Å². The van der Waals surface area contributed by atoms with Crippen molar-refractivity contribution in [2.45, 2.75) is 31.6 Å². The van der Waals surface area contributed by atoms with Crippen LogP contribution >= 0.6 is 0 Å². The molecule has 0 N–H and O–H groups in total. The molecule has 2 aromatic rings. The summed E-state index contributed by atoms with van der Waals surface area (Å²) in [6.07, 6.45) is 6.67. The highest BCUT2D eigenvalue weighted by Crippen LogP contribution is 2.52. The predicted molar refractivity (Wildman–Crippen MR) is 95.2 cm³/mol. The molecule has 0 spiro atoms. The van der Waals surface area contributed by atoms with E-state index in [1.165, 1.54) is 5.57 Å². The summed E-state index contributed by atoms with van der Waals surface area (Å²) in [6.45, 7) is 0. The van der Waals surface area contributed by atoms with E-state index >= 15 is 0 Å². The van der Waals surface area contributed by atoms with Crippen LogP contribution in [0.1, 0.15) is 53.1 Å². The molecule has 3 heteroatoms. The van der Waals surface area contributed by atoms with E-state index in [9.17, 15) is 9.59 Å². The second-order valence-electron chi connectivity index (χ2n) is 6.95. The van der Waals surface area contributed by atoms with E-state index in [0.29, 0.717) is 6.42 Å². The van der Waals surface area contributed by atoms with Crippen LogP contribution in [0.3, 0.4) is 0 Å². The number of benzene rings is 1. The maximum atomic E-state index is 13.2. The largest absolute Gasteiger partial charge is 0.295 e. The summed E-state index contributed by atoms with van der Waals surface area (Å²) >= 11 is 0. The van der Waals surface area contributed by atoms with Gasteiger partial charge < -0.3 is 0 Å². The standard InChI is InChI=1S/C22H17NO2/c24-18-7-3-4-14-12-17-15-5-1-2-6-16(15)22(25)21(17)20(19(14)18)13-8-10-23-11-9-13/h1-2,5-6,8-11,20H,3-4,7,12H2. The number of hydrogen-bond donors (Lipinski definition) is 0. The number of hydrogen-bond acceptors (Lipinski definition) is 3.